The van der Waals surface area contributed by atoms with E-state index in [9.17, 15) is 4.79 Å². The Labute approximate surface area is 181 Å². The molecule has 0 bridgehead atoms. The Hall–Kier alpha value is -2.35. The number of fused-ring (bicyclic) bond motifs is 1. The molecule has 0 spiro atoms. The molecular formula is C21H18ClN3O2S2. The van der Waals surface area contributed by atoms with Gasteiger partial charge < -0.3 is 4.42 Å². The van der Waals surface area contributed by atoms with Gasteiger partial charge >= 0.3 is 0 Å². The second-order valence-electron chi connectivity index (χ2n) is 6.65. The minimum absolute atomic E-state index is 0.300. The van der Waals surface area contributed by atoms with E-state index >= 15 is 0 Å². The summed E-state index contributed by atoms with van der Waals surface area (Å²) in [7, 11) is 0. The fourth-order valence-corrected chi connectivity index (χ4v) is 4.99. The van der Waals surface area contributed by atoms with Crippen LogP contribution < -0.4 is 5.32 Å². The van der Waals surface area contributed by atoms with E-state index in [0.29, 0.717) is 16.6 Å². The highest BCUT2D eigenvalue weighted by Crippen LogP contribution is 2.32. The third kappa shape index (κ3) is 4.03. The summed E-state index contributed by atoms with van der Waals surface area (Å²) in [4.78, 5) is 12.7. The van der Waals surface area contributed by atoms with Gasteiger partial charge in [0.05, 0.1) is 0 Å². The molecule has 1 amide bonds. The minimum atomic E-state index is -0.324. The Morgan fingerprint density at radius 1 is 1.14 bits per heavy atom. The van der Waals surface area contributed by atoms with Crippen LogP contribution in [0.1, 0.15) is 32.8 Å². The van der Waals surface area contributed by atoms with Crippen LogP contribution in [0, 0.1) is 20.8 Å². The summed E-state index contributed by atoms with van der Waals surface area (Å²) in [5, 5.41) is 13.1. The zero-order chi connectivity index (χ0) is 20.5. The first-order chi connectivity index (χ1) is 13.9. The number of halogens is 1. The molecule has 0 saturated heterocycles. The second-order valence-corrected chi connectivity index (χ2v) is 9.25. The number of aromatic nitrogens is 2. The number of rotatable bonds is 5. The zero-order valence-corrected chi connectivity index (χ0v) is 18.5. The van der Waals surface area contributed by atoms with Crippen LogP contribution in [0.2, 0.25) is 5.02 Å². The average molecular weight is 444 g/mol. The van der Waals surface area contributed by atoms with Gasteiger partial charge in [-0.25, -0.2) is 0 Å². The lowest BCUT2D eigenvalue weighted by Gasteiger charge is -2.01. The molecule has 0 saturated carbocycles. The van der Waals surface area contributed by atoms with E-state index in [1.165, 1.54) is 23.1 Å². The molecule has 2 heterocycles. The number of carbonyl (C=O) groups excluding carboxylic acids is 1. The van der Waals surface area contributed by atoms with Crippen molar-refractivity contribution in [3.8, 4) is 0 Å². The highest BCUT2D eigenvalue weighted by Gasteiger charge is 2.20. The SMILES string of the molecule is Cc1ccc2c(C)c(C(=O)Nc3nnc(SCc4ccccc4Cl)s3)oc2c1C. The third-order valence-corrected chi connectivity index (χ3v) is 7.16. The fraction of sp³-hybridized carbons (Fsp3) is 0.190. The molecule has 0 fully saturated rings. The van der Waals surface area contributed by atoms with Gasteiger partial charge in [0.2, 0.25) is 5.13 Å². The van der Waals surface area contributed by atoms with Crippen LogP contribution in [0.15, 0.2) is 45.2 Å². The zero-order valence-electron chi connectivity index (χ0n) is 16.1. The maximum atomic E-state index is 12.7. The molecule has 0 aliphatic rings. The van der Waals surface area contributed by atoms with E-state index < -0.39 is 0 Å². The van der Waals surface area contributed by atoms with Gasteiger partial charge in [0.15, 0.2) is 10.1 Å². The number of carbonyl (C=O) groups is 1. The van der Waals surface area contributed by atoms with Crippen LogP contribution in [0.4, 0.5) is 5.13 Å². The smallest absolute Gasteiger partial charge is 0.293 e. The van der Waals surface area contributed by atoms with Crippen LogP contribution in [0.5, 0.6) is 0 Å². The van der Waals surface area contributed by atoms with Crippen LogP contribution in [-0.4, -0.2) is 16.1 Å². The first-order valence-electron chi connectivity index (χ1n) is 8.94. The van der Waals surface area contributed by atoms with Gasteiger partial charge in [-0.1, -0.05) is 65.0 Å². The topological polar surface area (TPSA) is 68.0 Å². The molecule has 0 radical (unpaired) electrons. The maximum Gasteiger partial charge on any atom is 0.293 e. The van der Waals surface area contributed by atoms with Crippen molar-refractivity contribution in [2.75, 3.05) is 5.32 Å². The summed E-state index contributed by atoms with van der Waals surface area (Å²) < 4.78 is 6.65. The van der Waals surface area contributed by atoms with Crippen molar-refractivity contribution in [1.29, 1.82) is 0 Å². The van der Waals surface area contributed by atoms with Crippen molar-refractivity contribution < 1.29 is 9.21 Å². The summed E-state index contributed by atoms with van der Waals surface area (Å²) in [6.45, 7) is 5.91. The van der Waals surface area contributed by atoms with Crippen molar-refractivity contribution >= 4 is 56.7 Å². The van der Waals surface area contributed by atoms with Crippen LogP contribution in [0.25, 0.3) is 11.0 Å². The molecule has 4 aromatic rings. The van der Waals surface area contributed by atoms with Crippen LogP contribution in [0.3, 0.4) is 0 Å². The molecule has 1 N–H and O–H groups in total. The Kier molecular flexibility index (Phi) is 5.63. The molecule has 0 unspecified atom stereocenters. The predicted octanol–water partition coefficient (Wildman–Crippen LogP) is 6.41. The molecule has 29 heavy (non-hydrogen) atoms. The summed E-state index contributed by atoms with van der Waals surface area (Å²) in [5.41, 5.74) is 4.77. The van der Waals surface area contributed by atoms with E-state index in [1.54, 1.807) is 0 Å². The van der Waals surface area contributed by atoms with Gasteiger partial charge in [-0.2, -0.15) is 0 Å². The molecule has 4 rings (SSSR count). The average Bonchev–Trinajstić information content (AvgIpc) is 3.29. The highest BCUT2D eigenvalue weighted by atomic mass is 35.5. The van der Waals surface area contributed by atoms with Crippen LogP contribution in [-0.2, 0) is 5.75 Å². The van der Waals surface area contributed by atoms with Gasteiger partial charge in [0.25, 0.3) is 5.91 Å². The lowest BCUT2D eigenvalue weighted by Crippen LogP contribution is -2.11. The molecule has 2 aromatic carbocycles. The number of nitrogens with zero attached hydrogens (tertiary/aromatic N) is 2. The van der Waals surface area contributed by atoms with Gasteiger partial charge in [-0.05, 0) is 43.5 Å². The predicted molar refractivity (Wildman–Crippen MR) is 119 cm³/mol. The standard InChI is InChI=1S/C21H18ClN3O2S2/c1-11-8-9-15-13(3)18(27-17(15)12(11)2)19(26)23-20-24-25-21(29-20)28-10-14-6-4-5-7-16(14)22/h4-9H,10H2,1-3H3,(H,23,24,26). The first-order valence-corrected chi connectivity index (χ1v) is 11.1. The quantitative estimate of drug-likeness (QED) is 0.285. The van der Waals surface area contributed by atoms with Crippen molar-refractivity contribution in [2.45, 2.75) is 30.9 Å². The normalized spacial score (nSPS) is 11.2. The molecule has 0 aliphatic carbocycles. The largest absolute Gasteiger partial charge is 0.450 e. The number of thioether (sulfide) groups is 1. The van der Waals surface area contributed by atoms with Gasteiger partial charge in [0.1, 0.15) is 5.58 Å². The fourth-order valence-electron chi connectivity index (χ4n) is 2.96. The molecule has 5 nitrogen and oxygen atoms in total. The van der Waals surface area contributed by atoms with Gasteiger partial charge in [-0.3, -0.25) is 10.1 Å². The van der Waals surface area contributed by atoms with E-state index in [4.69, 9.17) is 16.0 Å². The monoisotopic (exact) mass is 443 g/mol. The Morgan fingerprint density at radius 2 is 1.93 bits per heavy atom. The molecule has 148 valence electrons. The number of anilines is 1. The summed E-state index contributed by atoms with van der Waals surface area (Å²) >= 11 is 9.04. The highest BCUT2D eigenvalue weighted by molar-refractivity contribution is 8.00. The maximum absolute atomic E-state index is 12.7. The van der Waals surface area contributed by atoms with Gasteiger partial charge in [0, 0.05) is 21.7 Å². The van der Waals surface area contributed by atoms with Crippen molar-refractivity contribution in [3.05, 3.63) is 69.4 Å². The lowest BCUT2D eigenvalue weighted by atomic mass is 10.0. The molecule has 0 atom stereocenters. The van der Waals surface area contributed by atoms with Crippen LogP contribution >= 0.6 is 34.7 Å². The van der Waals surface area contributed by atoms with Crippen molar-refractivity contribution in [1.82, 2.24) is 10.2 Å². The number of aryl methyl sites for hydroxylation is 3. The number of nitrogens with one attached hydrogen (secondary N) is 1. The van der Waals surface area contributed by atoms with Crippen molar-refractivity contribution in [2.24, 2.45) is 0 Å². The van der Waals surface area contributed by atoms with E-state index in [2.05, 4.69) is 15.5 Å². The summed E-state index contributed by atoms with van der Waals surface area (Å²) in [6, 6.07) is 11.7. The second kappa shape index (κ2) is 8.18. The number of hydrogen-bond acceptors (Lipinski definition) is 6. The molecule has 8 heteroatoms. The Bertz CT molecular complexity index is 1220. The van der Waals surface area contributed by atoms with Gasteiger partial charge in [-0.15, -0.1) is 10.2 Å². The molecule has 2 aromatic heterocycles. The lowest BCUT2D eigenvalue weighted by molar-refractivity contribution is 0.0998. The molecular weight excluding hydrogens is 426 g/mol. The number of amides is 1. The van der Waals surface area contributed by atoms with E-state index in [-0.39, 0.29) is 5.91 Å². The van der Waals surface area contributed by atoms with E-state index in [0.717, 1.165) is 42.6 Å². The van der Waals surface area contributed by atoms with Crippen molar-refractivity contribution in [3.63, 3.8) is 0 Å². The number of benzene rings is 2. The Morgan fingerprint density at radius 3 is 2.72 bits per heavy atom. The Balaban J connectivity index is 1.48. The summed E-state index contributed by atoms with van der Waals surface area (Å²) in [6.07, 6.45) is 0. The van der Waals surface area contributed by atoms with E-state index in [1.807, 2.05) is 57.2 Å². The molecule has 0 aliphatic heterocycles. The third-order valence-electron chi connectivity index (χ3n) is 4.77. The number of furan rings is 1. The summed E-state index contributed by atoms with van der Waals surface area (Å²) in [5.74, 6) is 0.660. The first kappa shape index (κ1) is 19.9. The minimum Gasteiger partial charge on any atom is -0.450 e. The number of hydrogen-bond donors (Lipinski definition) is 1.